The summed E-state index contributed by atoms with van der Waals surface area (Å²) in [6.07, 6.45) is 2.63. The molecule has 20 heavy (non-hydrogen) atoms. The summed E-state index contributed by atoms with van der Waals surface area (Å²) in [5, 5.41) is 23.2. The van der Waals surface area contributed by atoms with Gasteiger partial charge in [-0.05, 0) is 53.7 Å². The molecule has 0 amide bonds. The molecular weight excluding hydrogens is 328 g/mol. The predicted octanol–water partition coefficient (Wildman–Crippen LogP) is 3.41. The summed E-state index contributed by atoms with van der Waals surface area (Å²) in [4.78, 5) is 21.6. The Morgan fingerprint density at radius 1 is 1.35 bits per heavy atom. The zero-order chi connectivity index (χ0) is 14.7. The van der Waals surface area contributed by atoms with E-state index in [-0.39, 0.29) is 17.6 Å². The van der Waals surface area contributed by atoms with Crippen LogP contribution in [0.2, 0.25) is 0 Å². The average Bonchev–Trinajstić information content (AvgIpc) is 2.39. The SMILES string of the molecule is O=C(O)C1CCC(Nc2cccc(Br)c2[N+](=O)[O-])CC1. The smallest absolute Gasteiger partial charge is 0.306 e. The molecule has 1 aromatic rings. The Morgan fingerprint density at radius 2 is 2.00 bits per heavy atom. The van der Waals surface area contributed by atoms with E-state index in [1.807, 2.05) is 0 Å². The third-order valence-electron chi connectivity index (χ3n) is 3.61. The number of nitro benzene ring substituents is 1. The molecule has 0 radical (unpaired) electrons. The van der Waals surface area contributed by atoms with E-state index >= 15 is 0 Å². The molecule has 1 aliphatic rings. The number of nitrogens with one attached hydrogen (secondary N) is 1. The highest BCUT2D eigenvalue weighted by molar-refractivity contribution is 9.10. The highest BCUT2D eigenvalue weighted by atomic mass is 79.9. The summed E-state index contributed by atoms with van der Waals surface area (Å²) < 4.78 is 0.437. The second kappa shape index (κ2) is 6.21. The number of hydrogen-bond acceptors (Lipinski definition) is 4. The molecule has 0 atom stereocenters. The summed E-state index contributed by atoms with van der Waals surface area (Å²) in [5.41, 5.74) is 0.496. The van der Waals surface area contributed by atoms with E-state index in [0.717, 1.165) is 0 Å². The largest absolute Gasteiger partial charge is 0.481 e. The molecule has 0 saturated heterocycles. The second-order valence-electron chi connectivity index (χ2n) is 4.92. The van der Waals surface area contributed by atoms with Crippen LogP contribution in [-0.2, 0) is 4.79 Å². The van der Waals surface area contributed by atoms with Crippen LogP contribution < -0.4 is 5.32 Å². The number of carbonyl (C=O) groups is 1. The monoisotopic (exact) mass is 342 g/mol. The summed E-state index contributed by atoms with van der Waals surface area (Å²) in [6.45, 7) is 0. The van der Waals surface area contributed by atoms with Gasteiger partial charge in [0.25, 0.3) is 0 Å². The van der Waals surface area contributed by atoms with Gasteiger partial charge in [-0.1, -0.05) is 6.07 Å². The van der Waals surface area contributed by atoms with Gasteiger partial charge in [0, 0.05) is 6.04 Å². The van der Waals surface area contributed by atoms with E-state index in [4.69, 9.17) is 5.11 Å². The van der Waals surface area contributed by atoms with E-state index in [1.54, 1.807) is 18.2 Å². The normalized spacial score (nSPS) is 22.2. The van der Waals surface area contributed by atoms with Gasteiger partial charge in [0.15, 0.2) is 0 Å². The van der Waals surface area contributed by atoms with Crippen molar-refractivity contribution < 1.29 is 14.8 Å². The molecule has 2 N–H and O–H groups in total. The number of benzene rings is 1. The van der Waals surface area contributed by atoms with Crippen LogP contribution in [0.15, 0.2) is 22.7 Å². The van der Waals surface area contributed by atoms with Crippen LogP contribution in [0.25, 0.3) is 0 Å². The number of nitrogens with zero attached hydrogens (tertiary/aromatic N) is 1. The van der Waals surface area contributed by atoms with Gasteiger partial charge < -0.3 is 10.4 Å². The van der Waals surface area contributed by atoms with Gasteiger partial charge in [-0.25, -0.2) is 0 Å². The lowest BCUT2D eigenvalue weighted by atomic mass is 9.86. The number of hydrogen-bond donors (Lipinski definition) is 2. The van der Waals surface area contributed by atoms with Crippen LogP contribution in [0.1, 0.15) is 25.7 Å². The first-order valence-electron chi connectivity index (χ1n) is 6.41. The zero-order valence-electron chi connectivity index (χ0n) is 10.7. The van der Waals surface area contributed by atoms with Crippen LogP contribution in [0.5, 0.6) is 0 Å². The molecule has 0 unspecified atom stereocenters. The number of carboxylic acid groups (broad SMARTS) is 1. The molecule has 0 spiro atoms. The molecule has 6 nitrogen and oxygen atoms in total. The van der Waals surface area contributed by atoms with Crippen LogP contribution in [0, 0.1) is 16.0 Å². The lowest BCUT2D eigenvalue weighted by Crippen LogP contribution is -2.29. The van der Waals surface area contributed by atoms with Crippen LogP contribution >= 0.6 is 15.9 Å². The van der Waals surface area contributed by atoms with Crippen molar-refractivity contribution in [3.63, 3.8) is 0 Å². The fraction of sp³-hybridized carbons (Fsp3) is 0.462. The third-order valence-corrected chi connectivity index (χ3v) is 4.25. The average molecular weight is 343 g/mol. The Bertz CT molecular complexity index is 527. The van der Waals surface area contributed by atoms with E-state index in [9.17, 15) is 14.9 Å². The van der Waals surface area contributed by atoms with Gasteiger partial charge in [0.2, 0.25) is 0 Å². The van der Waals surface area contributed by atoms with E-state index in [1.165, 1.54) is 0 Å². The number of nitro groups is 1. The molecule has 0 aromatic heterocycles. The quantitative estimate of drug-likeness (QED) is 0.646. The van der Waals surface area contributed by atoms with E-state index in [2.05, 4.69) is 21.2 Å². The highest BCUT2D eigenvalue weighted by Gasteiger charge is 2.27. The van der Waals surface area contributed by atoms with E-state index in [0.29, 0.717) is 35.8 Å². The molecule has 0 bridgehead atoms. The third kappa shape index (κ3) is 3.27. The molecule has 0 heterocycles. The highest BCUT2D eigenvalue weighted by Crippen LogP contribution is 2.35. The van der Waals surface area contributed by atoms with Gasteiger partial charge in [-0.2, -0.15) is 0 Å². The van der Waals surface area contributed by atoms with Gasteiger partial charge >= 0.3 is 11.7 Å². The molecule has 1 aromatic carbocycles. The molecule has 1 saturated carbocycles. The van der Waals surface area contributed by atoms with Crippen molar-refractivity contribution in [2.24, 2.45) is 5.92 Å². The molecule has 1 aliphatic carbocycles. The fourth-order valence-corrected chi connectivity index (χ4v) is 3.03. The first kappa shape index (κ1) is 14.8. The van der Waals surface area contributed by atoms with Crippen LogP contribution in [0.3, 0.4) is 0 Å². The van der Waals surface area contributed by atoms with Crippen molar-refractivity contribution >= 4 is 33.3 Å². The van der Waals surface area contributed by atoms with Crippen molar-refractivity contribution in [2.75, 3.05) is 5.32 Å². The van der Waals surface area contributed by atoms with Crippen molar-refractivity contribution in [1.29, 1.82) is 0 Å². The number of para-hydroxylation sites is 1. The standard InChI is InChI=1S/C13H15BrN2O4/c14-10-2-1-3-11(12(10)16(19)20)15-9-6-4-8(5-7-9)13(17)18/h1-3,8-9,15H,4-7H2,(H,17,18). The maximum atomic E-state index is 11.1. The Balaban J connectivity index is 2.07. The number of anilines is 1. The van der Waals surface area contributed by atoms with Crippen molar-refractivity contribution in [2.45, 2.75) is 31.7 Å². The maximum Gasteiger partial charge on any atom is 0.306 e. The molecule has 7 heteroatoms. The van der Waals surface area contributed by atoms with Crippen LogP contribution in [-0.4, -0.2) is 22.0 Å². The first-order valence-corrected chi connectivity index (χ1v) is 7.20. The van der Waals surface area contributed by atoms with Crippen molar-refractivity contribution in [3.05, 3.63) is 32.8 Å². The number of rotatable bonds is 4. The lowest BCUT2D eigenvalue weighted by Gasteiger charge is -2.27. The Hall–Kier alpha value is -1.63. The minimum atomic E-state index is -0.753. The van der Waals surface area contributed by atoms with Crippen molar-refractivity contribution in [3.8, 4) is 0 Å². The Labute approximate surface area is 124 Å². The van der Waals surface area contributed by atoms with E-state index < -0.39 is 10.9 Å². The minimum absolute atomic E-state index is 0.0212. The van der Waals surface area contributed by atoms with Crippen LogP contribution in [0.4, 0.5) is 11.4 Å². The molecule has 2 rings (SSSR count). The summed E-state index contributed by atoms with van der Waals surface area (Å²) in [7, 11) is 0. The Morgan fingerprint density at radius 3 is 2.55 bits per heavy atom. The summed E-state index contributed by atoms with van der Waals surface area (Å²) in [6, 6.07) is 5.12. The number of carboxylic acids is 1. The predicted molar refractivity (Wildman–Crippen MR) is 77.8 cm³/mol. The molecule has 108 valence electrons. The van der Waals surface area contributed by atoms with Gasteiger partial charge in [-0.3, -0.25) is 14.9 Å². The molecular formula is C13H15BrN2O4. The number of aliphatic carboxylic acids is 1. The Kier molecular flexibility index (Phi) is 4.59. The fourth-order valence-electron chi connectivity index (χ4n) is 2.52. The lowest BCUT2D eigenvalue weighted by molar-refractivity contribution is -0.384. The molecule has 0 aliphatic heterocycles. The van der Waals surface area contributed by atoms with Gasteiger partial charge in [0.1, 0.15) is 5.69 Å². The topological polar surface area (TPSA) is 92.5 Å². The maximum absolute atomic E-state index is 11.1. The minimum Gasteiger partial charge on any atom is -0.481 e. The second-order valence-corrected chi connectivity index (χ2v) is 5.78. The molecule has 1 fully saturated rings. The number of halogens is 1. The van der Waals surface area contributed by atoms with Crippen molar-refractivity contribution in [1.82, 2.24) is 0 Å². The zero-order valence-corrected chi connectivity index (χ0v) is 12.3. The van der Waals surface area contributed by atoms with Gasteiger partial charge in [0.05, 0.1) is 15.3 Å². The first-order chi connectivity index (χ1) is 9.49. The summed E-state index contributed by atoms with van der Waals surface area (Å²) >= 11 is 3.18. The summed E-state index contributed by atoms with van der Waals surface area (Å²) in [5.74, 6) is -1.04. The van der Waals surface area contributed by atoms with Gasteiger partial charge in [-0.15, -0.1) is 0 Å².